The van der Waals surface area contributed by atoms with Crippen molar-refractivity contribution >= 4 is 34.1 Å². The Kier molecular flexibility index (Phi) is 5.13. The molecule has 4 aromatic heterocycles. The Morgan fingerprint density at radius 2 is 1.95 bits per heavy atom. The van der Waals surface area contributed by atoms with Crippen LogP contribution in [0, 0.1) is 0 Å². The normalized spacial score (nSPS) is 11.4. The monoisotopic (exact) mass is 533 g/mol. The number of H-pyrrole nitrogens is 1. The van der Waals surface area contributed by atoms with Crippen LogP contribution in [0.3, 0.4) is 0 Å². The summed E-state index contributed by atoms with van der Waals surface area (Å²) in [5, 5.41) is 25.5. The van der Waals surface area contributed by atoms with Gasteiger partial charge in [-0.15, -0.1) is 5.10 Å². The zero-order valence-corrected chi connectivity index (χ0v) is 20.4. The Morgan fingerprint density at radius 1 is 1.13 bits per heavy atom. The molecule has 4 heterocycles. The van der Waals surface area contributed by atoms with Crippen molar-refractivity contribution in [1.29, 1.82) is 0 Å². The lowest BCUT2D eigenvalue weighted by Gasteiger charge is -2.11. The van der Waals surface area contributed by atoms with Gasteiger partial charge in [-0.25, -0.2) is 33.4 Å². The summed E-state index contributed by atoms with van der Waals surface area (Å²) >= 11 is 6.38. The van der Waals surface area contributed by atoms with Crippen LogP contribution in [0.15, 0.2) is 58.5 Å². The lowest BCUT2D eigenvalue weighted by atomic mass is 10.1. The van der Waals surface area contributed by atoms with Crippen LogP contribution in [0.2, 0.25) is 5.02 Å². The van der Waals surface area contributed by atoms with E-state index in [1.165, 1.54) is 17.7 Å². The minimum Gasteiger partial charge on any atom is -0.507 e. The fourth-order valence-electron chi connectivity index (χ4n) is 4.10. The van der Waals surface area contributed by atoms with E-state index in [-0.39, 0.29) is 39.3 Å². The summed E-state index contributed by atoms with van der Waals surface area (Å²) in [6.45, 7) is 0. The topological polar surface area (TPSA) is 167 Å². The van der Waals surface area contributed by atoms with Crippen molar-refractivity contribution in [3.05, 3.63) is 80.6 Å². The lowest BCUT2D eigenvalue weighted by molar-refractivity contribution is 0.0731. The van der Waals surface area contributed by atoms with E-state index in [4.69, 9.17) is 16.3 Å². The highest BCUT2D eigenvalue weighted by molar-refractivity contribution is 6.32. The van der Waals surface area contributed by atoms with Crippen LogP contribution < -0.4 is 16.1 Å². The summed E-state index contributed by atoms with van der Waals surface area (Å²) in [6, 6.07) is 9.77. The molecule has 0 amide bonds. The van der Waals surface area contributed by atoms with Gasteiger partial charge in [0.15, 0.2) is 22.9 Å². The number of phenolic OH excluding ortho intramolecular Hbond substituents is 1. The molecule has 0 saturated heterocycles. The molecule has 0 radical (unpaired) electrons. The first-order valence-electron chi connectivity index (χ1n) is 11.0. The van der Waals surface area contributed by atoms with Gasteiger partial charge in [0.05, 0.1) is 16.3 Å². The van der Waals surface area contributed by atoms with Gasteiger partial charge in [-0.05, 0) is 30.3 Å². The first-order chi connectivity index (χ1) is 18.2. The number of aromatic hydroxyl groups is 1. The van der Waals surface area contributed by atoms with Gasteiger partial charge in [0.1, 0.15) is 12.1 Å². The fourth-order valence-corrected chi connectivity index (χ4v) is 4.30. The van der Waals surface area contributed by atoms with Gasteiger partial charge in [0, 0.05) is 37.3 Å². The highest BCUT2D eigenvalue weighted by Crippen LogP contribution is 2.38. The van der Waals surface area contributed by atoms with E-state index in [1.54, 1.807) is 6.07 Å². The standard InChI is InChI=1S/C23H16ClN9O5/c1-30-6-5-11-7-12(3-4-15(11)30)33-19(26-28-22(33)36)13-8-14(24)17(9-16(13)34)38-21(35)18-20-27-29-31(2)23(37)32(20)10-25-18/h3-10,34H,1-2H3,(H,28,36). The summed E-state index contributed by atoms with van der Waals surface area (Å²) in [5.41, 5.74) is 0.141. The Balaban J connectivity index is 1.37. The zero-order valence-electron chi connectivity index (χ0n) is 19.7. The maximum absolute atomic E-state index is 12.8. The second-order valence-corrected chi connectivity index (χ2v) is 8.74. The van der Waals surface area contributed by atoms with Gasteiger partial charge in [-0.3, -0.25) is 0 Å². The first-order valence-corrected chi connectivity index (χ1v) is 11.4. The van der Waals surface area contributed by atoms with Crippen LogP contribution in [-0.2, 0) is 14.1 Å². The van der Waals surface area contributed by atoms with Gasteiger partial charge >= 0.3 is 17.3 Å². The molecule has 0 fully saturated rings. The molecule has 190 valence electrons. The number of benzene rings is 2. The number of hydrogen-bond donors (Lipinski definition) is 2. The number of hydrogen-bond acceptors (Lipinski definition) is 9. The number of fused-ring (bicyclic) bond motifs is 2. The second-order valence-electron chi connectivity index (χ2n) is 8.33. The molecular formula is C23H16ClN9O5. The number of ether oxygens (including phenoxy) is 1. The van der Waals surface area contributed by atoms with Crippen LogP contribution in [-0.4, -0.2) is 54.8 Å². The Bertz CT molecular complexity index is 2030. The number of halogens is 1. The number of rotatable bonds is 4. The number of aromatic amines is 1. The molecule has 6 aromatic rings. The van der Waals surface area contributed by atoms with Gasteiger partial charge < -0.3 is 14.4 Å². The number of aryl methyl sites for hydroxylation is 2. The van der Waals surface area contributed by atoms with Crippen molar-refractivity contribution in [3.8, 4) is 28.6 Å². The smallest absolute Gasteiger partial charge is 0.366 e. The number of nitrogens with one attached hydrogen (secondary N) is 1. The van der Waals surface area contributed by atoms with E-state index in [2.05, 4.69) is 25.5 Å². The lowest BCUT2D eigenvalue weighted by Crippen LogP contribution is -2.27. The SMILES string of the molecule is Cn1nnc2c(C(=O)Oc3cc(O)c(-c4n[nH]c(=O)n4-c4ccc5c(ccn5C)c4)cc3Cl)ncn2c1=O. The van der Waals surface area contributed by atoms with Crippen molar-refractivity contribution in [2.45, 2.75) is 0 Å². The van der Waals surface area contributed by atoms with E-state index < -0.39 is 17.3 Å². The molecule has 15 heteroatoms. The van der Waals surface area contributed by atoms with Gasteiger partial charge in [-0.2, -0.15) is 9.78 Å². The Labute approximate surface area is 215 Å². The van der Waals surface area contributed by atoms with Crippen molar-refractivity contribution in [3.63, 3.8) is 0 Å². The zero-order chi connectivity index (χ0) is 26.7. The number of phenols is 1. The molecule has 38 heavy (non-hydrogen) atoms. The van der Waals surface area contributed by atoms with Crippen LogP contribution in [0.4, 0.5) is 0 Å². The molecule has 0 spiro atoms. The van der Waals surface area contributed by atoms with E-state index in [1.807, 2.05) is 36.0 Å². The number of carbonyl (C=O) groups is 1. The summed E-state index contributed by atoms with van der Waals surface area (Å²) < 4.78 is 10.6. The second kappa shape index (κ2) is 8.41. The van der Waals surface area contributed by atoms with Crippen molar-refractivity contribution in [2.75, 3.05) is 0 Å². The molecule has 0 saturated carbocycles. The molecule has 0 unspecified atom stereocenters. The summed E-state index contributed by atoms with van der Waals surface area (Å²) in [6.07, 6.45) is 3.02. The van der Waals surface area contributed by atoms with E-state index >= 15 is 0 Å². The van der Waals surface area contributed by atoms with E-state index in [9.17, 15) is 19.5 Å². The predicted octanol–water partition coefficient (Wildman–Crippen LogP) is 1.43. The number of esters is 1. The predicted molar refractivity (Wildman–Crippen MR) is 134 cm³/mol. The molecule has 6 rings (SSSR count). The highest BCUT2D eigenvalue weighted by Gasteiger charge is 2.23. The minimum atomic E-state index is -0.975. The molecule has 2 N–H and O–H groups in total. The third-order valence-electron chi connectivity index (χ3n) is 5.99. The van der Waals surface area contributed by atoms with Crippen LogP contribution in [0.5, 0.6) is 11.5 Å². The third kappa shape index (κ3) is 3.54. The Morgan fingerprint density at radius 3 is 2.76 bits per heavy atom. The largest absolute Gasteiger partial charge is 0.507 e. The highest BCUT2D eigenvalue weighted by atomic mass is 35.5. The molecule has 0 bridgehead atoms. The van der Waals surface area contributed by atoms with E-state index in [0.29, 0.717) is 5.69 Å². The van der Waals surface area contributed by atoms with Gasteiger partial charge in [-0.1, -0.05) is 16.8 Å². The first kappa shape index (κ1) is 23.2. The number of imidazole rings is 1. The quantitative estimate of drug-likeness (QED) is 0.251. The molecule has 2 aromatic carbocycles. The number of aromatic nitrogens is 9. The minimum absolute atomic E-state index is 0.0582. The maximum Gasteiger partial charge on any atom is 0.366 e. The molecule has 0 aliphatic carbocycles. The molecule has 0 aliphatic rings. The number of nitrogens with zero attached hydrogens (tertiary/aromatic N) is 8. The van der Waals surface area contributed by atoms with Gasteiger partial charge in [0.2, 0.25) is 0 Å². The average molecular weight is 534 g/mol. The third-order valence-corrected chi connectivity index (χ3v) is 6.28. The fraction of sp³-hybridized carbons (Fsp3) is 0.0870. The summed E-state index contributed by atoms with van der Waals surface area (Å²) in [5.74, 6) is -1.43. The van der Waals surface area contributed by atoms with Crippen molar-refractivity contribution < 1.29 is 14.6 Å². The molecule has 0 aliphatic heterocycles. The van der Waals surface area contributed by atoms with Crippen molar-refractivity contribution in [1.82, 2.24) is 43.7 Å². The van der Waals surface area contributed by atoms with Crippen LogP contribution in [0.25, 0.3) is 33.6 Å². The molecule has 0 atom stereocenters. The van der Waals surface area contributed by atoms with Gasteiger partial charge in [0.25, 0.3) is 0 Å². The van der Waals surface area contributed by atoms with Crippen LogP contribution >= 0.6 is 11.6 Å². The molecular weight excluding hydrogens is 518 g/mol. The summed E-state index contributed by atoms with van der Waals surface area (Å²) in [4.78, 5) is 41.5. The Hall–Kier alpha value is -5.24. The van der Waals surface area contributed by atoms with Crippen molar-refractivity contribution in [2.24, 2.45) is 14.1 Å². The summed E-state index contributed by atoms with van der Waals surface area (Å²) in [7, 11) is 3.31. The average Bonchev–Trinajstić information content (AvgIpc) is 3.60. The molecule has 14 nitrogen and oxygen atoms in total. The van der Waals surface area contributed by atoms with E-state index in [0.717, 1.165) is 32.4 Å². The van der Waals surface area contributed by atoms with Crippen LogP contribution in [0.1, 0.15) is 10.5 Å². The number of carbonyl (C=O) groups excluding carboxylic acids is 1. The maximum atomic E-state index is 12.8.